The quantitative estimate of drug-likeness (QED) is 0.862. The van der Waals surface area contributed by atoms with Gasteiger partial charge in [-0.05, 0) is 19.3 Å². The first-order valence-electron chi connectivity index (χ1n) is 8.20. The fourth-order valence-corrected chi connectivity index (χ4v) is 3.55. The molecule has 2 fully saturated rings. The Bertz CT molecular complexity index is 668. The molecule has 1 saturated heterocycles. The van der Waals surface area contributed by atoms with Gasteiger partial charge in [-0.15, -0.1) is 0 Å². The average molecular weight is 315 g/mol. The minimum absolute atomic E-state index is 0.0594. The Morgan fingerprint density at radius 1 is 1.48 bits per heavy atom. The molecule has 3 heterocycles. The van der Waals surface area contributed by atoms with Crippen LogP contribution >= 0.6 is 0 Å². The van der Waals surface area contributed by atoms with E-state index in [1.165, 1.54) is 0 Å². The second-order valence-corrected chi connectivity index (χ2v) is 6.27. The molecule has 1 aliphatic heterocycles. The highest BCUT2D eigenvalue weighted by Crippen LogP contribution is 2.28. The van der Waals surface area contributed by atoms with Gasteiger partial charge in [0.15, 0.2) is 5.65 Å². The molecule has 3 atom stereocenters. The lowest BCUT2D eigenvalue weighted by Crippen LogP contribution is -2.53. The Morgan fingerprint density at radius 3 is 3.35 bits per heavy atom. The van der Waals surface area contributed by atoms with Gasteiger partial charge in [0.25, 0.3) is 0 Å². The minimum atomic E-state index is 0.0594. The van der Waals surface area contributed by atoms with Crippen LogP contribution < -0.4 is 10.6 Å². The van der Waals surface area contributed by atoms with Crippen LogP contribution in [-0.4, -0.2) is 45.6 Å². The highest BCUT2D eigenvalue weighted by molar-refractivity contribution is 5.78. The van der Waals surface area contributed by atoms with Crippen LogP contribution in [0.5, 0.6) is 0 Å². The van der Waals surface area contributed by atoms with Crippen LogP contribution in [0.3, 0.4) is 0 Å². The van der Waals surface area contributed by atoms with E-state index in [1.807, 2.05) is 16.8 Å². The molecule has 1 amide bonds. The molecule has 0 unspecified atom stereocenters. The molecule has 0 bridgehead atoms. The minimum Gasteiger partial charge on any atom is -0.375 e. The van der Waals surface area contributed by atoms with E-state index in [-0.39, 0.29) is 17.9 Å². The largest absolute Gasteiger partial charge is 0.375 e. The Kier molecular flexibility index (Phi) is 3.97. The smallest absolute Gasteiger partial charge is 0.223 e. The zero-order valence-corrected chi connectivity index (χ0v) is 12.9. The van der Waals surface area contributed by atoms with E-state index in [0.29, 0.717) is 12.6 Å². The molecule has 7 heteroatoms. The van der Waals surface area contributed by atoms with Crippen molar-refractivity contribution in [2.45, 2.75) is 38.0 Å². The maximum absolute atomic E-state index is 12.4. The number of ether oxygens (including phenoxy) is 1. The van der Waals surface area contributed by atoms with Crippen molar-refractivity contribution in [1.82, 2.24) is 25.0 Å². The molecule has 23 heavy (non-hydrogen) atoms. The van der Waals surface area contributed by atoms with E-state index in [0.717, 1.165) is 43.8 Å². The third-order valence-electron chi connectivity index (χ3n) is 4.76. The lowest BCUT2D eigenvalue weighted by molar-refractivity contribution is -0.128. The van der Waals surface area contributed by atoms with Gasteiger partial charge in [0.1, 0.15) is 0 Å². The summed E-state index contributed by atoms with van der Waals surface area (Å²) in [4.78, 5) is 20.9. The van der Waals surface area contributed by atoms with Crippen LogP contribution in [0, 0.1) is 5.92 Å². The molecule has 1 aliphatic carbocycles. The van der Waals surface area contributed by atoms with Gasteiger partial charge < -0.3 is 19.8 Å². The van der Waals surface area contributed by atoms with Crippen molar-refractivity contribution in [2.75, 3.05) is 13.2 Å². The SMILES string of the molecule is O=C(NCc1cn2ccncc2n1)[C@H]1CC[C@H]2OCCN[C@@H]2C1. The normalized spacial score (nSPS) is 27.6. The molecule has 0 aromatic carbocycles. The van der Waals surface area contributed by atoms with Crippen LogP contribution in [0.15, 0.2) is 24.8 Å². The summed E-state index contributed by atoms with van der Waals surface area (Å²) < 4.78 is 7.67. The van der Waals surface area contributed by atoms with Gasteiger partial charge in [0.05, 0.1) is 31.1 Å². The van der Waals surface area contributed by atoms with Crippen LogP contribution in [0.1, 0.15) is 25.0 Å². The van der Waals surface area contributed by atoms with Crippen molar-refractivity contribution in [3.8, 4) is 0 Å². The molecule has 2 aromatic heterocycles. The number of rotatable bonds is 3. The maximum atomic E-state index is 12.4. The van der Waals surface area contributed by atoms with Crippen molar-refractivity contribution in [3.63, 3.8) is 0 Å². The third kappa shape index (κ3) is 3.07. The second-order valence-electron chi connectivity index (χ2n) is 6.27. The first-order valence-corrected chi connectivity index (χ1v) is 8.20. The molecule has 1 saturated carbocycles. The van der Waals surface area contributed by atoms with Crippen molar-refractivity contribution >= 4 is 11.6 Å². The predicted molar refractivity (Wildman–Crippen MR) is 83.7 cm³/mol. The number of fused-ring (bicyclic) bond motifs is 2. The summed E-state index contributed by atoms with van der Waals surface area (Å²) in [6.07, 6.45) is 10.2. The maximum Gasteiger partial charge on any atom is 0.223 e. The zero-order valence-electron chi connectivity index (χ0n) is 12.9. The van der Waals surface area contributed by atoms with Crippen molar-refractivity contribution in [1.29, 1.82) is 0 Å². The van der Waals surface area contributed by atoms with Gasteiger partial charge in [-0.3, -0.25) is 9.78 Å². The van der Waals surface area contributed by atoms with E-state index >= 15 is 0 Å². The number of imidazole rings is 1. The van der Waals surface area contributed by atoms with E-state index < -0.39 is 0 Å². The standard InChI is InChI=1S/C16H21N5O2/c22-16(11-1-2-14-13(7-11)18-4-6-23-14)19-8-12-10-21-5-3-17-9-15(21)20-12/h3,5,9-11,13-14,18H,1-2,4,6-8H2,(H,19,22)/t11-,13+,14+/m0/s1. The van der Waals surface area contributed by atoms with Gasteiger partial charge in [-0.25, -0.2) is 4.98 Å². The number of morpholine rings is 1. The van der Waals surface area contributed by atoms with Crippen LogP contribution in [0.2, 0.25) is 0 Å². The Hall–Kier alpha value is -1.99. The first kappa shape index (κ1) is 14.6. The highest BCUT2D eigenvalue weighted by atomic mass is 16.5. The number of carbonyl (C=O) groups is 1. The molecule has 4 rings (SSSR count). The van der Waals surface area contributed by atoms with E-state index in [9.17, 15) is 4.79 Å². The van der Waals surface area contributed by atoms with Gasteiger partial charge in [0, 0.05) is 37.1 Å². The molecule has 0 spiro atoms. The van der Waals surface area contributed by atoms with Gasteiger partial charge >= 0.3 is 0 Å². The summed E-state index contributed by atoms with van der Waals surface area (Å²) >= 11 is 0. The summed E-state index contributed by atoms with van der Waals surface area (Å²) in [5, 5.41) is 6.49. The van der Waals surface area contributed by atoms with Gasteiger partial charge in [-0.1, -0.05) is 0 Å². The fourth-order valence-electron chi connectivity index (χ4n) is 3.55. The number of aromatic nitrogens is 3. The summed E-state index contributed by atoms with van der Waals surface area (Å²) in [5.41, 5.74) is 1.64. The lowest BCUT2D eigenvalue weighted by Gasteiger charge is -2.39. The predicted octanol–water partition coefficient (Wildman–Crippen LogP) is 0.503. The Morgan fingerprint density at radius 2 is 2.43 bits per heavy atom. The monoisotopic (exact) mass is 315 g/mol. The Labute approximate surface area is 134 Å². The topological polar surface area (TPSA) is 80.6 Å². The zero-order chi connectivity index (χ0) is 15.6. The number of nitrogens with zero attached hydrogens (tertiary/aromatic N) is 3. The molecule has 0 radical (unpaired) electrons. The molecular formula is C16H21N5O2. The van der Waals surface area contributed by atoms with Crippen LogP contribution in [0.25, 0.3) is 5.65 Å². The molecule has 2 aromatic rings. The third-order valence-corrected chi connectivity index (χ3v) is 4.76. The van der Waals surface area contributed by atoms with Crippen molar-refractivity contribution < 1.29 is 9.53 Å². The van der Waals surface area contributed by atoms with Crippen LogP contribution in [0.4, 0.5) is 0 Å². The number of hydrogen-bond acceptors (Lipinski definition) is 5. The molecular weight excluding hydrogens is 294 g/mol. The summed E-state index contributed by atoms with van der Waals surface area (Å²) in [5.74, 6) is 0.176. The fraction of sp³-hybridized carbons (Fsp3) is 0.562. The Balaban J connectivity index is 1.34. The highest BCUT2D eigenvalue weighted by Gasteiger charge is 2.35. The molecule has 2 aliphatic rings. The van der Waals surface area contributed by atoms with E-state index in [2.05, 4.69) is 20.6 Å². The average Bonchev–Trinajstić information content (AvgIpc) is 3.02. The molecule has 7 nitrogen and oxygen atoms in total. The van der Waals surface area contributed by atoms with Crippen molar-refractivity contribution in [3.05, 3.63) is 30.5 Å². The van der Waals surface area contributed by atoms with Crippen LogP contribution in [-0.2, 0) is 16.1 Å². The second kappa shape index (κ2) is 6.25. The van der Waals surface area contributed by atoms with Gasteiger partial charge in [-0.2, -0.15) is 0 Å². The van der Waals surface area contributed by atoms with Crippen molar-refractivity contribution in [2.24, 2.45) is 5.92 Å². The van der Waals surface area contributed by atoms with E-state index in [1.54, 1.807) is 12.4 Å². The summed E-state index contributed by atoms with van der Waals surface area (Å²) in [6.45, 7) is 2.11. The summed E-state index contributed by atoms with van der Waals surface area (Å²) in [7, 11) is 0. The number of carbonyl (C=O) groups excluding carboxylic acids is 1. The van der Waals surface area contributed by atoms with E-state index in [4.69, 9.17) is 4.74 Å². The summed E-state index contributed by atoms with van der Waals surface area (Å²) in [6, 6.07) is 0.314. The molecule has 2 N–H and O–H groups in total. The first-order chi connectivity index (χ1) is 11.3. The number of amides is 1. The number of hydrogen-bond donors (Lipinski definition) is 2. The van der Waals surface area contributed by atoms with Gasteiger partial charge in [0.2, 0.25) is 5.91 Å². The number of nitrogens with one attached hydrogen (secondary N) is 2. The lowest BCUT2D eigenvalue weighted by atomic mass is 9.82. The molecule has 122 valence electrons.